The first-order valence-electron chi connectivity index (χ1n) is 13.4. The highest BCUT2D eigenvalue weighted by molar-refractivity contribution is 8.13. The number of alkyl halides is 1. The monoisotopic (exact) mass is 634 g/mol. The second-order valence-corrected chi connectivity index (χ2v) is 14.0. The third-order valence-electron chi connectivity index (χ3n) is 7.85. The fourth-order valence-electron chi connectivity index (χ4n) is 5.03. The van der Waals surface area contributed by atoms with Gasteiger partial charge >= 0.3 is 7.75 Å². The number of nitrogens with zero attached hydrogens (tertiary/aromatic N) is 4. The summed E-state index contributed by atoms with van der Waals surface area (Å²) < 4.78 is 49.2. The smallest absolute Gasteiger partial charge is 0.395 e. The van der Waals surface area contributed by atoms with Crippen LogP contribution in [-0.4, -0.2) is 72.4 Å². The molecule has 1 saturated carbocycles. The Hall–Kier alpha value is -2.93. The molecule has 1 aromatic carbocycles. The minimum atomic E-state index is -4.25. The lowest BCUT2D eigenvalue weighted by molar-refractivity contribution is -0.124. The Labute approximate surface area is 251 Å². The molecule has 0 bridgehead atoms. The van der Waals surface area contributed by atoms with Crippen LogP contribution >= 0.6 is 19.5 Å². The largest absolute Gasteiger partial charge is 0.406 e. The third-order valence-corrected chi connectivity index (χ3v) is 10.6. The lowest BCUT2D eigenvalue weighted by Crippen LogP contribution is -2.54. The van der Waals surface area contributed by atoms with Gasteiger partial charge in [-0.2, -0.15) is 10.4 Å². The summed E-state index contributed by atoms with van der Waals surface area (Å²) >= 11 is 0.896. The van der Waals surface area contributed by atoms with E-state index in [1.165, 1.54) is 16.6 Å². The molecule has 1 saturated heterocycles. The molecular formula is C27H32FN6O7PS. The van der Waals surface area contributed by atoms with Crippen molar-refractivity contribution in [3.63, 3.8) is 0 Å². The summed E-state index contributed by atoms with van der Waals surface area (Å²) in [6, 6.07) is 13.7. The van der Waals surface area contributed by atoms with Crippen LogP contribution in [0.2, 0.25) is 0 Å². The van der Waals surface area contributed by atoms with Crippen LogP contribution in [-0.2, 0) is 35.3 Å². The highest BCUT2D eigenvalue weighted by Crippen LogP contribution is 2.69. The summed E-state index contributed by atoms with van der Waals surface area (Å²) in [7, 11) is -4.25. The number of aromatic nitrogens is 3. The summed E-state index contributed by atoms with van der Waals surface area (Å²) in [4.78, 5) is 16.2. The molecule has 43 heavy (non-hydrogen) atoms. The van der Waals surface area contributed by atoms with Crippen LogP contribution in [0, 0.1) is 16.7 Å². The van der Waals surface area contributed by atoms with E-state index in [1.807, 2.05) is 12.1 Å². The number of carbonyl (C=O) groups excluding carboxylic acids is 1. The van der Waals surface area contributed by atoms with Gasteiger partial charge in [0.1, 0.15) is 30.1 Å². The van der Waals surface area contributed by atoms with Crippen molar-refractivity contribution in [3.8, 4) is 6.07 Å². The number of nitrogen functional groups attached to an aromatic ring is 1. The molecule has 13 nitrogen and oxygen atoms in total. The zero-order chi connectivity index (χ0) is 31.3. The Bertz CT molecular complexity index is 1620. The van der Waals surface area contributed by atoms with Crippen LogP contribution in [0.1, 0.15) is 32.0 Å². The first kappa shape index (κ1) is 31.5. The number of anilines is 1. The molecule has 0 radical (unpaired) electrons. The molecule has 3 heterocycles. The number of hydrogen-bond donors (Lipinski definition) is 4. The molecule has 0 spiro atoms. The number of aliphatic hydroxyl groups is 2. The highest BCUT2D eigenvalue weighted by Gasteiger charge is 2.90. The van der Waals surface area contributed by atoms with Gasteiger partial charge in [-0.3, -0.25) is 13.8 Å². The van der Waals surface area contributed by atoms with E-state index in [2.05, 4.69) is 15.2 Å². The molecule has 5 N–H and O–H groups in total. The fourth-order valence-corrected chi connectivity index (χ4v) is 7.46. The minimum absolute atomic E-state index is 0.0161. The number of carbonyl (C=O) groups is 1. The number of ether oxygens (including phenoxy) is 1. The molecule has 3 aromatic rings. The number of benzene rings is 1. The van der Waals surface area contributed by atoms with Crippen LogP contribution in [0.3, 0.4) is 0 Å². The van der Waals surface area contributed by atoms with Crippen molar-refractivity contribution in [1.29, 1.82) is 5.26 Å². The van der Waals surface area contributed by atoms with E-state index in [0.29, 0.717) is 5.52 Å². The van der Waals surface area contributed by atoms with Gasteiger partial charge in [0.15, 0.2) is 22.2 Å². The van der Waals surface area contributed by atoms with Crippen molar-refractivity contribution in [2.24, 2.45) is 5.41 Å². The van der Waals surface area contributed by atoms with Gasteiger partial charge in [-0.05, 0) is 38.5 Å². The number of thioether (sulfide) groups is 1. The van der Waals surface area contributed by atoms with Gasteiger partial charge in [-0.15, -0.1) is 0 Å². The number of rotatable bonds is 12. The van der Waals surface area contributed by atoms with E-state index >= 15 is 4.39 Å². The molecule has 2 fully saturated rings. The van der Waals surface area contributed by atoms with E-state index in [-0.39, 0.29) is 42.1 Å². The Morgan fingerprint density at radius 2 is 2.07 bits per heavy atom. The maximum absolute atomic E-state index is 16.8. The zero-order valence-corrected chi connectivity index (χ0v) is 25.3. The van der Waals surface area contributed by atoms with Gasteiger partial charge in [-0.1, -0.05) is 42.1 Å². The number of nitrogens with one attached hydrogen (secondary N) is 1. The predicted octanol–water partition coefficient (Wildman–Crippen LogP) is 2.48. The molecular weight excluding hydrogens is 602 g/mol. The predicted molar refractivity (Wildman–Crippen MR) is 154 cm³/mol. The molecule has 2 unspecified atom stereocenters. The van der Waals surface area contributed by atoms with Crippen molar-refractivity contribution in [3.05, 3.63) is 60.0 Å². The van der Waals surface area contributed by atoms with Gasteiger partial charge in [0, 0.05) is 12.3 Å². The minimum Gasteiger partial charge on any atom is -0.395 e. The number of nitrogens with two attached hydrogens (primary N) is 1. The first-order valence-corrected chi connectivity index (χ1v) is 15.9. The molecule has 230 valence electrons. The van der Waals surface area contributed by atoms with Gasteiger partial charge in [0.05, 0.1) is 24.3 Å². The van der Waals surface area contributed by atoms with E-state index in [4.69, 9.17) is 19.5 Å². The lowest BCUT2D eigenvalue weighted by Gasteiger charge is -2.36. The molecule has 1 aliphatic heterocycles. The topological polar surface area (TPSA) is 194 Å². The molecule has 0 amide bonds. The number of aliphatic hydroxyl groups excluding tert-OH is 1. The number of hydrogen-bond acceptors (Lipinski definition) is 12. The summed E-state index contributed by atoms with van der Waals surface area (Å²) in [5.74, 6) is 0.183. The average molecular weight is 635 g/mol. The molecule has 5 rings (SSSR count). The van der Waals surface area contributed by atoms with Crippen LogP contribution in [0.4, 0.5) is 10.2 Å². The second kappa shape index (κ2) is 11.2. The quantitative estimate of drug-likeness (QED) is 0.168. The van der Waals surface area contributed by atoms with E-state index < -0.39 is 42.2 Å². The number of fused-ring (bicyclic) bond motifs is 2. The van der Waals surface area contributed by atoms with Crippen molar-refractivity contribution >= 4 is 36.0 Å². The summed E-state index contributed by atoms with van der Waals surface area (Å²) in [5, 5.41) is 37.7. The van der Waals surface area contributed by atoms with Crippen LogP contribution in [0.25, 0.3) is 5.52 Å². The second-order valence-electron chi connectivity index (χ2n) is 11.2. The van der Waals surface area contributed by atoms with E-state index in [0.717, 1.165) is 30.6 Å². The lowest BCUT2D eigenvalue weighted by atomic mass is 9.80. The molecule has 6 atom stereocenters. The van der Waals surface area contributed by atoms with Crippen molar-refractivity contribution in [2.75, 3.05) is 24.7 Å². The molecule has 2 aliphatic rings. The van der Waals surface area contributed by atoms with Crippen LogP contribution < -0.4 is 10.8 Å². The molecule has 1 aliphatic carbocycles. The Morgan fingerprint density at radius 3 is 2.70 bits per heavy atom. The van der Waals surface area contributed by atoms with Crippen molar-refractivity contribution < 1.29 is 37.7 Å². The summed E-state index contributed by atoms with van der Waals surface area (Å²) in [6.07, 6.45) is -1.71. The maximum Gasteiger partial charge on any atom is 0.406 e. The van der Waals surface area contributed by atoms with Gasteiger partial charge in [0.2, 0.25) is 5.60 Å². The number of nitriles is 1. The zero-order valence-electron chi connectivity index (χ0n) is 23.6. The van der Waals surface area contributed by atoms with Crippen molar-refractivity contribution in [2.45, 2.75) is 56.4 Å². The Morgan fingerprint density at radius 1 is 1.35 bits per heavy atom. The normalized spacial score (nSPS) is 29.6. The summed E-state index contributed by atoms with van der Waals surface area (Å²) in [5.41, 5.74) is -1.51. The number of halogens is 1. The molecule has 16 heteroatoms. The Balaban J connectivity index is 1.35. The third kappa shape index (κ3) is 5.15. The van der Waals surface area contributed by atoms with Gasteiger partial charge < -0.3 is 20.7 Å². The highest BCUT2D eigenvalue weighted by atomic mass is 32.2. The van der Waals surface area contributed by atoms with E-state index in [1.54, 1.807) is 38.1 Å². The van der Waals surface area contributed by atoms with Gasteiger partial charge in [0.25, 0.3) is 0 Å². The maximum atomic E-state index is 16.8. The Kier molecular flexibility index (Phi) is 8.21. The standard InChI is InChI=1S/C27H32FN6O7PS/c1-24(2,15-35)23(36)43-12-11-39-42(38,33-13-17-7-5-4-6-8-17)41-21-20-27(21,37)25(3,28)26(14-29,40-20)19-10-9-18-22(30)31-16-32-34(18)19/h4-10,16,20-21,35,37H,11-13,15H2,1-3H3,(H,33,38)(H2,30,31,32)/t20-,21?,25+,26+,27+,42?/m1/s1. The summed E-state index contributed by atoms with van der Waals surface area (Å²) in [6.45, 7) is 3.70. The van der Waals surface area contributed by atoms with Crippen LogP contribution in [0.5, 0.6) is 0 Å². The van der Waals surface area contributed by atoms with Gasteiger partial charge in [-0.25, -0.2) is 23.5 Å². The average Bonchev–Trinajstić information content (AvgIpc) is 3.25. The first-order chi connectivity index (χ1) is 20.3. The van der Waals surface area contributed by atoms with Crippen LogP contribution in [0.15, 0.2) is 48.8 Å². The SMILES string of the molecule is CC(C)(CO)C(=O)SCCOP(=O)(NCc1ccccc1)OC1[C@H]2O[C@@](C#N)(c3ccc4c(N)ncnn34)[C@](C)(F)[C@@]12O. The molecule has 2 aromatic heterocycles. The van der Waals surface area contributed by atoms with E-state index in [9.17, 15) is 24.8 Å². The van der Waals surface area contributed by atoms with Crippen molar-refractivity contribution in [1.82, 2.24) is 19.7 Å². The fraction of sp³-hybridized carbons (Fsp3) is 0.481.